The molecule has 1 fully saturated rings. The van der Waals surface area contributed by atoms with Crippen LogP contribution in [-0.2, 0) is 20.7 Å². The number of benzene rings is 2. The van der Waals surface area contributed by atoms with E-state index in [9.17, 15) is 19.5 Å². The van der Waals surface area contributed by atoms with Crippen molar-refractivity contribution in [1.82, 2.24) is 5.32 Å². The molecule has 3 unspecified atom stereocenters. The van der Waals surface area contributed by atoms with Crippen molar-refractivity contribution in [3.8, 4) is 0 Å². The van der Waals surface area contributed by atoms with Gasteiger partial charge >= 0.3 is 11.9 Å². The molecule has 1 aliphatic rings. The fraction of sp³-hybridized carbons (Fsp3) is 0.483. The first-order valence-electron chi connectivity index (χ1n) is 12.9. The van der Waals surface area contributed by atoms with Gasteiger partial charge in [-0.05, 0) is 68.0 Å². The third-order valence-electron chi connectivity index (χ3n) is 7.01. The lowest BCUT2D eigenvalue weighted by molar-refractivity contribution is -0.138. The number of nitrogens with zero attached hydrogens (tertiary/aromatic N) is 1. The van der Waals surface area contributed by atoms with E-state index in [1.54, 1.807) is 24.3 Å². The summed E-state index contributed by atoms with van der Waals surface area (Å²) in [5, 5.41) is 13.1. The zero-order chi connectivity index (χ0) is 25.9. The normalized spacial score (nSPS) is 18.3. The first-order valence-corrected chi connectivity index (χ1v) is 12.9. The average Bonchev–Trinajstić information content (AvgIpc) is 2.91. The van der Waals surface area contributed by atoms with Gasteiger partial charge in [-0.2, -0.15) is 0 Å². The molecular formula is C29H38N2O5. The molecule has 1 amide bonds. The molecule has 2 N–H and O–H groups in total. The first-order chi connectivity index (χ1) is 17.4. The summed E-state index contributed by atoms with van der Waals surface area (Å²) >= 11 is 0. The number of carboxylic acids is 1. The Bertz CT molecular complexity index is 992. The van der Waals surface area contributed by atoms with Gasteiger partial charge in [0.25, 0.3) is 0 Å². The van der Waals surface area contributed by atoms with E-state index in [4.69, 9.17) is 4.74 Å². The Hall–Kier alpha value is -3.19. The van der Waals surface area contributed by atoms with Crippen molar-refractivity contribution in [2.24, 2.45) is 5.92 Å². The number of carbonyl (C=O) groups is 3. The van der Waals surface area contributed by atoms with Gasteiger partial charge in [0.15, 0.2) is 0 Å². The second kappa shape index (κ2) is 13.8. The minimum Gasteiger partial charge on any atom is -0.481 e. The molecule has 3 rings (SSSR count). The maximum Gasteiger partial charge on any atom is 0.337 e. The van der Waals surface area contributed by atoms with Crippen molar-refractivity contribution in [1.29, 1.82) is 0 Å². The first kappa shape index (κ1) is 27.4. The van der Waals surface area contributed by atoms with Crippen LogP contribution in [0.15, 0.2) is 54.6 Å². The van der Waals surface area contributed by atoms with Crippen LogP contribution in [0.5, 0.6) is 0 Å². The summed E-state index contributed by atoms with van der Waals surface area (Å²) in [6.45, 7) is 2.45. The van der Waals surface area contributed by atoms with Gasteiger partial charge in [0.05, 0.1) is 18.7 Å². The van der Waals surface area contributed by atoms with Gasteiger partial charge in [-0.1, -0.05) is 50.1 Å². The van der Waals surface area contributed by atoms with Crippen molar-refractivity contribution in [2.75, 3.05) is 18.6 Å². The van der Waals surface area contributed by atoms with Gasteiger partial charge in [-0.15, -0.1) is 0 Å². The summed E-state index contributed by atoms with van der Waals surface area (Å²) in [6, 6.07) is 17.2. The van der Waals surface area contributed by atoms with Crippen molar-refractivity contribution in [3.63, 3.8) is 0 Å². The molecular weight excluding hydrogens is 456 g/mol. The van der Waals surface area contributed by atoms with Crippen molar-refractivity contribution >= 4 is 23.5 Å². The Balaban J connectivity index is 1.73. The fourth-order valence-corrected chi connectivity index (χ4v) is 5.08. The summed E-state index contributed by atoms with van der Waals surface area (Å²) in [4.78, 5) is 38.4. The van der Waals surface area contributed by atoms with E-state index in [2.05, 4.69) is 17.4 Å². The smallest absolute Gasteiger partial charge is 0.337 e. The topological polar surface area (TPSA) is 95.9 Å². The number of hydrogen-bond acceptors (Lipinski definition) is 5. The standard InChI is InChI=1S/C29H38N2O5/c1-3-27(32)31(24-17-15-23(16-18-24)29(35)36-2)26-12-8-7-11-25(26)30-20-22(19-28(33)34)14-13-21-9-5-4-6-10-21/h4-6,9-10,15-18,22,25-26,30H,3,7-8,11-14,19-20H2,1-2H3,(H,33,34). The van der Waals surface area contributed by atoms with Gasteiger partial charge < -0.3 is 20.1 Å². The zero-order valence-corrected chi connectivity index (χ0v) is 21.3. The molecule has 7 heteroatoms. The van der Waals surface area contributed by atoms with Gasteiger partial charge in [-0.3, -0.25) is 9.59 Å². The zero-order valence-electron chi connectivity index (χ0n) is 21.3. The molecule has 0 radical (unpaired) electrons. The van der Waals surface area contributed by atoms with E-state index < -0.39 is 11.9 Å². The van der Waals surface area contributed by atoms with E-state index in [-0.39, 0.29) is 30.3 Å². The maximum atomic E-state index is 13.1. The lowest BCUT2D eigenvalue weighted by Crippen LogP contribution is -2.54. The van der Waals surface area contributed by atoms with Crippen LogP contribution >= 0.6 is 0 Å². The molecule has 3 atom stereocenters. The Morgan fingerprint density at radius 1 is 1.06 bits per heavy atom. The largest absolute Gasteiger partial charge is 0.481 e. The van der Waals surface area contributed by atoms with Gasteiger partial charge in [-0.25, -0.2) is 4.79 Å². The number of aryl methyl sites for hydroxylation is 1. The fourth-order valence-electron chi connectivity index (χ4n) is 5.08. The lowest BCUT2D eigenvalue weighted by atomic mass is 9.87. The van der Waals surface area contributed by atoms with Crippen LogP contribution in [0.2, 0.25) is 0 Å². The molecule has 36 heavy (non-hydrogen) atoms. The van der Waals surface area contributed by atoms with Gasteiger partial charge in [0, 0.05) is 24.6 Å². The van der Waals surface area contributed by atoms with E-state index in [0.29, 0.717) is 18.5 Å². The number of rotatable bonds is 12. The molecule has 1 saturated carbocycles. The second-order valence-corrected chi connectivity index (χ2v) is 9.51. The van der Waals surface area contributed by atoms with Crippen LogP contribution in [0.1, 0.15) is 67.8 Å². The Morgan fingerprint density at radius 3 is 2.39 bits per heavy atom. The number of amides is 1. The van der Waals surface area contributed by atoms with Gasteiger partial charge in [0.2, 0.25) is 5.91 Å². The SMILES string of the molecule is CCC(=O)N(c1ccc(C(=O)OC)cc1)C1CCCCC1NCC(CCc1ccccc1)CC(=O)O. The third-order valence-corrected chi connectivity index (χ3v) is 7.01. The molecule has 7 nitrogen and oxygen atoms in total. The number of aliphatic carboxylic acids is 1. The molecule has 0 aliphatic heterocycles. The number of esters is 1. The van der Waals surface area contributed by atoms with E-state index in [1.807, 2.05) is 30.0 Å². The molecule has 1 aliphatic carbocycles. The van der Waals surface area contributed by atoms with E-state index in [1.165, 1.54) is 12.7 Å². The van der Waals surface area contributed by atoms with Crippen LogP contribution in [-0.4, -0.2) is 48.7 Å². The Labute approximate surface area is 213 Å². The number of carboxylic acid groups (broad SMARTS) is 1. The van der Waals surface area contributed by atoms with Crippen LogP contribution in [0, 0.1) is 5.92 Å². The van der Waals surface area contributed by atoms with Crippen molar-refractivity contribution < 1.29 is 24.2 Å². The minimum atomic E-state index is -0.788. The predicted octanol–water partition coefficient (Wildman–Crippen LogP) is 4.84. The molecule has 0 saturated heterocycles. The van der Waals surface area contributed by atoms with Crippen molar-refractivity contribution in [3.05, 3.63) is 65.7 Å². The number of nitrogens with one attached hydrogen (secondary N) is 1. The molecule has 194 valence electrons. The number of carbonyl (C=O) groups excluding carboxylic acids is 2. The summed E-state index contributed by atoms with van der Waals surface area (Å²) in [5.41, 5.74) is 2.41. The predicted molar refractivity (Wildman–Crippen MR) is 140 cm³/mol. The third kappa shape index (κ3) is 7.65. The highest BCUT2D eigenvalue weighted by Crippen LogP contribution is 2.29. The molecule has 2 aromatic rings. The summed E-state index contributed by atoms with van der Waals surface area (Å²) in [6.07, 6.45) is 6.01. The number of anilines is 1. The highest BCUT2D eigenvalue weighted by molar-refractivity contribution is 5.95. The second-order valence-electron chi connectivity index (χ2n) is 9.51. The van der Waals surface area contributed by atoms with Gasteiger partial charge in [0.1, 0.15) is 0 Å². The summed E-state index contributed by atoms with van der Waals surface area (Å²) in [5.74, 6) is -1.17. The Morgan fingerprint density at radius 2 is 1.75 bits per heavy atom. The van der Waals surface area contributed by atoms with Crippen molar-refractivity contribution in [2.45, 2.75) is 70.4 Å². The van der Waals surface area contributed by atoms with E-state index in [0.717, 1.165) is 44.2 Å². The number of ether oxygens (including phenoxy) is 1. The highest BCUT2D eigenvalue weighted by atomic mass is 16.5. The van der Waals surface area contributed by atoms with Crippen LogP contribution < -0.4 is 10.2 Å². The van der Waals surface area contributed by atoms with Crippen LogP contribution in [0.3, 0.4) is 0 Å². The minimum absolute atomic E-state index is 0.0000472. The maximum absolute atomic E-state index is 13.1. The summed E-state index contributed by atoms with van der Waals surface area (Å²) in [7, 11) is 1.35. The monoisotopic (exact) mass is 494 g/mol. The number of methoxy groups -OCH3 is 1. The quantitative estimate of drug-likeness (QED) is 0.410. The Kier molecular flexibility index (Phi) is 10.5. The average molecular weight is 495 g/mol. The number of hydrogen-bond donors (Lipinski definition) is 2. The molecule has 0 spiro atoms. The molecule has 0 aromatic heterocycles. The molecule has 0 bridgehead atoms. The lowest BCUT2D eigenvalue weighted by Gasteiger charge is -2.41. The van der Waals surface area contributed by atoms with E-state index >= 15 is 0 Å². The molecule has 2 aromatic carbocycles. The summed E-state index contributed by atoms with van der Waals surface area (Å²) < 4.78 is 4.80. The van der Waals surface area contributed by atoms with Crippen LogP contribution in [0.4, 0.5) is 5.69 Å². The molecule has 0 heterocycles. The van der Waals surface area contributed by atoms with Crippen LogP contribution in [0.25, 0.3) is 0 Å². The highest BCUT2D eigenvalue weighted by Gasteiger charge is 2.33.